The fourth-order valence-electron chi connectivity index (χ4n) is 3.40. The van der Waals surface area contributed by atoms with Crippen LogP contribution in [-0.4, -0.2) is 53.6 Å². The Balaban J connectivity index is 1.49. The van der Waals surface area contributed by atoms with Gasteiger partial charge < -0.3 is 28.8 Å². The van der Waals surface area contributed by atoms with Crippen LogP contribution in [0.2, 0.25) is 5.21 Å². The number of imidazole rings is 1. The highest BCUT2D eigenvalue weighted by molar-refractivity contribution is 6.40. The number of nitrogens with zero attached hydrogens (tertiary/aromatic N) is 4. The Morgan fingerprint density at radius 1 is 1.42 bits per heavy atom. The Kier molecular flexibility index (Phi) is 5.41. The van der Waals surface area contributed by atoms with E-state index in [2.05, 4.69) is 25.3 Å². The molecule has 1 aliphatic heterocycles. The molecule has 166 valence electrons. The van der Waals surface area contributed by atoms with Crippen LogP contribution in [0.25, 0.3) is 11.2 Å². The number of aryl methyl sites for hydroxylation is 1. The first-order chi connectivity index (χ1) is 15.5. The Bertz CT molecular complexity index is 1330. The van der Waals surface area contributed by atoms with Gasteiger partial charge in [-0.3, -0.25) is 4.57 Å². The number of anilines is 1. The highest BCUT2D eigenvalue weighted by Gasteiger charge is 2.51. The zero-order chi connectivity index (χ0) is 24.0. The predicted molar refractivity (Wildman–Crippen MR) is 108 cm³/mol. The maximum atomic E-state index is 13.7. The van der Waals surface area contributed by atoms with Crippen LogP contribution >= 0.6 is 0 Å². The van der Waals surface area contributed by atoms with Crippen LogP contribution in [0.3, 0.4) is 0 Å². The van der Waals surface area contributed by atoms with Gasteiger partial charge in [0.1, 0.15) is 12.8 Å². The minimum atomic E-state index is -1.60. The van der Waals surface area contributed by atoms with Crippen LogP contribution in [0.1, 0.15) is 24.2 Å². The molecule has 4 rings (SSSR count). The van der Waals surface area contributed by atoms with Crippen molar-refractivity contribution in [3.8, 4) is 12.3 Å². The van der Waals surface area contributed by atoms with Gasteiger partial charge in [-0.05, 0) is 13.3 Å². The number of carbonyl (C=O) groups is 1. The van der Waals surface area contributed by atoms with E-state index in [1.54, 1.807) is 0 Å². The third-order valence-corrected chi connectivity index (χ3v) is 4.91. The third-order valence-electron chi connectivity index (χ3n) is 4.91. The smallest absolute Gasteiger partial charge is 0.430 e. The third kappa shape index (κ3) is 4.17. The summed E-state index contributed by atoms with van der Waals surface area (Å²) in [5.74, 6) is 1.43. The van der Waals surface area contributed by atoms with Crippen molar-refractivity contribution in [3.63, 3.8) is 0 Å². The summed E-state index contributed by atoms with van der Waals surface area (Å²) in [7, 11) is 12.4. The number of hydrogen-bond acceptors (Lipinski definition) is 11. The van der Waals surface area contributed by atoms with Crippen molar-refractivity contribution in [1.82, 2.24) is 19.5 Å². The Morgan fingerprint density at radius 3 is 2.85 bits per heavy atom. The molecule has 3 aromatic heterocycles. The van der Waals surface area contributed by atoms with Crippen molar-refractivity contribution >= 4 is 38.8 Å². The Hall–Kier alpha value is -3.79. The molecule has 0 bridgehead atoms. The van der Waals surface area contributed by atoms with E-state index in [4.69, 9.17) is 46.5 Å². The summed E-state index contributed by atoms with van der Waals surface area (Å²) in [6.45, 7) is 0.566. The topological polar surface area (TPSA) is 158 Å². The van der Waals surface area contributed by atoms with Gasteiger partial charge in [-0.1, -0.05) is 11.1 Å². The fraction of sp³-hybridized carbons (Fsp3) is 0.389. The minimum absolute atomic E-state index is 0.0178. The van der Waals surface area contributed by atoms with Gasteiger partial charge in [-0.15, -0.1) is 6.42 Å². The van der Waals surface area contributed by atoms with E-state index >= 15 is 0 Å². The van der Waals surface area contributed by atoms with E-state index in [-0.39, 0.29) is 34.9 Å². The first kappa shape index (κ1) is 22.4. The molecule has 0 aliphatic carbocycles. The normalized spacial score (nSPS) is 21.7. The number of nitrogen functional groups attached to an aromatic ring is 1. The van der Waals surface area contributed by atoms with Crippen molar-refractivity contribution in [1.29, 1.82) is 0 Å². The van der Waals surface area contributed by atoms with Crippen LogP contribution in [0, 0.1) is 25.3 Å². The number of rotatable bonds is 5. The molecule has 1 saturated heterocycles. The summed E-state index contributed by atoms with van der Waals surface area (Å²) >= 11 is 0. The molecule has 0 spiro atoms. The zero-order valence-corrected chi connectivity index (χ0v) is 17.1. The van der Waals surface area contributed by atoms with Gasteiger partial charge in [0.2, 0.25) is 0 Å². The Morgan fingerprint density at radius 2 is 2.18 bits per heavy atom. The van der Waals surface area contributed by atoms with E-state index < -0.39 is 48.3 Å². The highest BCUT2D eigenvalue weighted by atomic mass is 19.1. The van der Waals surface area contributed by atoms with Crippen LogP contribution < -0.4 is 11.6 Å². The molecule has 12 nitrogen and oxygen atoms in total. The average molecular weight is 453 g/mol. The van der Waals surface area contributed by atoms with Crippen molar-refractivity contribution in [2.75, 3.05) is 12.3 Å². The summed E-state index contributed by atoms with van der Waals surface area (Å²) in [4.78, 5) is 34.2. The number of aromatic nitrogens is 4. The van der Waals surface area contributed by atoms with Gasteiger partial charge in [0.25, 0.3) is 0 Å². The lowest BCUT2D eigenvalue weighted by molar-refractivity contribution is -0.0753. The second kappa shape index (κ2) is 7.96. The quantitative estimate of drug-likeness (QED) is 0.248. The van der Waals surface area contributed by atoms with Crippen molar-refractivity contribution in [2.24, 2.45) is 0 Å². The van der Waals surface area contributed by atoms with E-state index in [1.807, 2.05) is 0 Å². The molecule has 0 amide bonds. The molecule has 3 aromatic rings. The number of halogens is 1. The monoisotopic (exact) mass is 453 g/mol. The molecule has 0 saturated carbocycles. The maximum absolute atomic E-state index is 13.7. The maximum Gasteiger partial charge on any atom is 0.519 e. The standard InChI is InChI=1S/C18H14B2FN5O7/c1-3-17(6-30-15(27)29-4-9-8(2)31-16(28)32-9)5-18(19,20)13(33-17)26-7-23-10-11(22)24-14(21)25-12(10)26/h1,7,13H,4-6H2,2H3,(H2,22,24,25). The van der Waals surface area contributed by atoms with Crippen LogP contribution in [0.5, 0.6) is 0 Å². The lowest BCUT2D eigenvalue weighted by atomic mass is 9.51. The number of ether oxygens (including phenoxy) is 3. The van der Waals surface area contributed by atoms with E-state index in [1.165, 1.54) is 17.8 Å². The highest BCUT2D eigenvalue weighted by Crippen LogP contribution is 2.51. The Labute approximate surface area is 187 Å². The van der Waals surface area contributed by atoms with Gasteiger partial charge in [0.15, 0.2) is 40.7 Å². The fourth-order valence-corrected chi connectivity index (χ4v) is 3.40. The molecule has 2 N–H and O–H groups in total. The minimum Gasteiger partial charge on any atom is -0.430 e. The molecule has 4 radical (unpaired) electrons. The van der Waals surface area contributed by atoms with Crippen molar-refractivity contribution in [3.05, 3.63) is 34.5 Å². The number of nitrogens with two attached hydrogens (primary N) is 1. The summed E-state index contributed by atoms with van der Waals surface area (Å²) < 4.78 is 40.2. The van der Waals surface area contributed by atoms with Crippen molar-refractivity contribution in [2.45, 2.75) is 37.0 Å². The summed E-state index contributed by atoms with van der Waals surface area (Å²) in [6, 6.07) is 0. The molecule has 0 aromatic carbocycles. The molecule has 1 fully saturated rings. The number of carbonyl (C=O) groups excluding carboxylic acids is 1. The first-order valence-electron chi connectivity index (χ1n) is 9.31. The van der Waals surface area contributed by atoms with E-state index in [9.17, 15) is 14.0 Å². The number of hydrogen-bond donors (Lipinski definition) is 1. The summed E-state index contributed by atoms with van der Waals surface area (Å²) in [5.41, 5.74) is 4.21. The molecule has 33 heavy (non-hydrogen) atoms. The van der Waals surface area contributed by atoms with Gasteiger partial charge >= 0.3 is 18.1 Å². The van der Waals surface area contributed by atoms with Crippen LogP contribution in [0.4, 0.5) is 15.0 Å². The second-order valence-electron chi connectivity index (χ2n) is 7.36. The largest absolute Gasteiger partial charge is 0.519 e. The predicted octanol–water partition coefficient (Wildman–Crippen LogP) is 0.500. The van der Waals surface area contributed by atoms with Gasteiger partial charge in [0, 0.05) is 0 Å². The van der Waals surface area contributed by atoms with Gasteiger partial charge in [-0.25, -0.2) is 14.6 Å². The van der Waals surface area contributed by atoms with Crippen LogP contribution in [0.15, 0.2) is 20.0 Å². The molecule has 2 atom stereocenters. The summed E-state index contributed by atoms with van der Waals surface area (Å²) in [6.07, 6.45) is 3.33. The molecular formula is C18H14B2FN5O7. The lowest BCUT2D eigenvalue weighted by Crippen LogP contribution is -2.34. The van der Waals surface area contributed by atoms with Crippen LogP contribution in [-0.2, 0) is 20.8 Å². The average Bonchev–Trinajstić information content (AvgIpc) is 3.38. The van der Waals surface area contributed by atoms with E-state index in [0.29, 0.717) is 0 Å². The van der Waals surface area contributed by atoms with Crippen molar-refractivity contribution < 1.29 is 32.2 Å². The zero-order valence-electron chi connectivity index (χ0n) is 17.1. The lowest BCUT2D eigenvalue weighted by Gasteiger charge is -2.27. The molecule has 1 aliphatic rings. The van der Waals surface area contributed by atoms with E-state index in [0.717, 1.165) is 0 Å². The first-order valence-corrected chi connectivity index (χ1v) is 9.31. The van der Waals surface area contributed by atoms with Gasteiger partial charge in [-0.2, -0.15) is 14.4 Å². The molecule has 15 heteroatoms. The summed E-state index contributed by atoms with van der Waals surface area (Å²) in [5, 5.41) is -1.60. The van der Waals surface area contributed by atoms with Gasteiger partial charge in [0.05, 0.1) is 22.0 Å². The second-order valence-corrected chi connectivity index (χ2v) is 7.36. The number of terminal acetylenes is 1. The molecule has 4 heterocycles. The number of fused-ring (bicyclic) bond motifs is 1. The molecule has 2 unspecified atom stereocenters. The SMILES string of the molecule is [B]C1([B])CC(C#C)(COC(=O)OCc2oc(=O)oc2C)OC1n1cnc2c(N)nc(F)nc21. The molecular weight excluding hydrogens is 439 g/mol.